The lowest BCUT2D eigenvalue weighted by Crippen LogP contribution is -2.55. The molecular formula is C24H23NO5. The average Bonchev–Trinajstić information content (AvgIpc) is 3.18. The first-order valence-corrected chi connectivity index (χ1v) is 10.0. The number of benzene rings is 3. The minimum Gasteiger partial charge on any atom is -0.497 e. The van der Waals surface area contributed by atoms with Crippen molar-refractivity contribution in [3.63, 3.8) is 0 Å². The Morgan fingerprint density at radius 1 is 0.833 bits per heavy atom. The third-order valence-corrected chi connectivity index (χ3v) is 6.65. The Morgan fingerprint density at radius 2 is 1.50 bits per heavy atom. The van der Waals surface area contributed by atoms with E-state index in [0.717, 1.165) is 22.6 Å². The summed E-state index contributed by atoms with van der Waals surface area (Å²) in [5, 5.41) is 3.12. The largest absolute Gasteiger partial charge is 0.497 e. The molecule has 0 bridgehead atoms. The summed E-state index contributed by atoms with van der Waals surface area (Å²) in [6.07, 6.45) is 1.50. The van der Waals surface area contributed by atoms with Crippen molar-refractivity contribution in [3.8, 4) is 17.2 Å². The molecule has 3 aromatic carbocycles. The first kappa shape index (κ1) is 18.7. The van der Waals surface area contributed by atoms with Gasteiger partial charge < -0.3 is 19.1 Å². The summed E-state index contributed by atoms with van der Waals surface area (Å²) < 4.78 is 16.5. The number of hydrogen-bond donors (Lipinski definition) is 0. The number of ether oxygens (including phenoxy) is 3. The fourth-order valence-electron chi connectivity index (χ4n) is 5.06. The number of amides is 1. The molecule has 0 spiro atoms. The number of rotatable bonds is 3. The maximum Gasteiger partial charge on any atom is 0.256 e. The zero-order valence-electron chi connectivity index (χ0n) is 17.5. The molecule has 1 amide bonds. The third kappa shape index (κ3) is 2.24. The van der Waals surface area contributed by atoms with E-state index in [2.05, 4.69) is 0 Å². The fourth-order valence-corrected chi connectivity index (χ4v) is 5.06. The van der Waals surface area contributed by atoms with Gasteiger partial charge in [0.25, 0.3) is 5.91 Å². The fraction of sp³-hybridized carbons (Fsp3) is 0.333. The Hall–Kier alpha value is -3.28. The van der Waals surface area contributed by atoms with Crippen LogP contribution in [0.1, 0.15) is 40.5 Å². The summed E-state index contributed by atoms with van der Waals surface area (Å²) in [4.78, 5) is 29.2. The van der Waals surface area contributed by atoms with Gasteiger partial charge in [0.2, 0.25) is 0 Å². The third-order valence-electron chi connectivity index (χ3n) is 6.65. The van der Waals surface area contributed by atoms with Gasteiger partial charge in [-0.2, -0.15) is 0 Å². The van der Waals surface area contributed by atoms with Crippen LogP contribution in [0.2, 0.25) is 0 Å². The van der Waals surface area contributed by atoms with Gasteiger partial charge >= 0.3 is 0 Å². The number of nitrogens with zero attached hydrogens (tertiary/aromatic N) is 1. The summed E-state index contributed by atoms with van der Waals surface area (Å²) in [6, 6.07) is 9.28. The molecule has 154 valence electrons. The molecule has 1 fully saturated rings. The van der Waals surface area contributed by atoms with E-state index >= 15 is 0 Å². The number of Topliss-reactive ketones (excluding diaryl/α,β-unsaturated/α-hetero) is 1. The zero-order chi connectivity index (χ0) is 21.2. The molecule has 0 aliphatic carbocycles. The quantitative estimate of drug-likeness (QED) is 0.611. The molecule has 30 heavy (non-hydrogen) atoms. The van der Waals surface area contributed by atoms with Crippen LogP contribution in [-0.4, -0.2) is 50.0 Å². The smallest absolute Gasteiger partial charge is 0.256 e. The van der Waals surface area contributed by atoms with Gasteiger partial charge in [0.1, 0.15) is 11.3 Å². The van der Waals surface area contributed by atoms with E-state index in [-0.39, 0.29) is 11.7 Å². The predicted molar refractivity (Wildman–Crippen MR) is 114 cm³/mol. The van der Waals surface area contributed by atoms with Crippen LogP contribution in [0.3, 0.4) is 0 Å². The SMILES string of the molecule is COc1ccc2c3c(c4cc(OC)c(OC)cc4c2c1)C(=O)C1(C)CCCN1C3=O. The van der Waals surface area contributed by atoms with E-state index < -0.39 is 5.54 Å². The Labute approximate surface area is 174 Å². The highest BCUT2D eigenvalue weighted by Crippen LogP contribution is 2.47. The second kappa shape index (κ2) is 6.36. The highest BCUT2D eigenvalue weighted by Gasteiger charge is 2.52. The van der Waals surface area contributed by atoms with E-state index in [4.69, 9.17) is 14.2 Å². The second-order valence-electron chi connectivity index (χ2n) is 8.08. The van der Waals surface area contributed by atoms with E-state index in [1.165, 1.54) is 0 Å². The van der Waals surface area contributed by atoms with Gasteiger partial charge in [-0.05, 0) is 71.6 Å². The molecule has 0 radical (unpaired) electrons. The molecule has 0 aromatic heterocycles. The van der Waals surface area contributed by atoms with Crippen LogP contribution in [-0.2, 0) is 0 Å². The Bertz CT molecular complexity index is 1250. The van der Waals surface area contributed by atoms with Crippen LogP contribution in [0, 0.1) is 0 Å². The summed E-state index contributed by atoms with van der Waals surface area (Å²) >= 11 is 0. The molecule has 6 nitrogen and oxygen atoms in total. The molecule has 0 N–H and O–H groups in total. The van der Waals surface area contributed by atoms with Gasteiger partial charge in [0.15, 0.2) is 17.3 Å². The second-order valence-corrected chi connectivity index (χ2v) is 8.08. The van der Waals surface area contributed by atoms with Crippen LogP contribution < -0.4 is 14.2 Å². The molecule has 3 aromatic rings. The van der Waals surface area contributed by atoms with Crippen molar-refractivity contribution in [3.05, 3.63) is 41.5 Å². The Morgan fingerprint density at radius 3 is 2.17 bits per heavy atom. The molecule has 2 aliphatic rings. The molecule has 6 heteroatoms. The predicted octanol–water partition coefficient (Wildman–Crippen LogP) is 4.21. The van der Waals surface area contributed by atoms with E-state index in [1.807, 2.05) is 37.3 Å². The molecule has 2 heterocycles. The van der Waals surface area contributed by atoms with E-state index in [1.54, 1.807) is 26.2 Å². The lowest BCUT2D eigenvalue weighted by atomic mass is 9.78. The number of carbonyl (C=O) groups is 2. The van der Waals surface area contributed by atoms with Crippen molar-refractivity contribution in [2.24, 2.45) is 0 Å². The summed E-state index contributed by atoms with van der Waals surface area (Å²) in [6.45, 7) is 2.48. The van der Waals surface area contributed by atoms with Crippen molar-refractivity contribution >= 4 is 33.2 Å². The van der Waals surface area contributed by atoms with Crippen LogP contribution >= 0.6 is 0 Å². The minimum absolute atomic E-state index is 0.00969. The van der Waals surface area contributed by atoms with Gasteiger partial charge in [-0.15, -0.1) is 0 Å². The maximum atomic E-state index is 13.8. The summed E-state index contributed by atoms with van der Waals surface area (Å²) in [7, 11) is 4.75. The molecule has 2 aliphatic heterocycles. The van der Waals surface area contributed by atoms with Crippen molar-refractivity contribution < 1.29 is 23.8 Å². The molecule has 1 atom stereocenters. The monoisotopic (exact) mass is 405 g/mol. The highest BCUT2D eigenvalue weighted by atomic mass is 16.5. The van der Waals surface area contributed by atoms with Crippen LogP contribution in [0.25, 0.3) is 21.5 Å². The van der Waals surface area contributed by atoms with E-state index in [9.17, 15) is 9.59 Å². The number of ketones is 1. The number of fused-ring (bicyclic) bond motifs is 7. The van der Waals surface area contributed by atoms with Gasteiger partial charge in [0.05, 0.1) is 26.9 Å². The van der Waals surface area contributed by atoms with Crippen molar-refractivity contribution in [1.82, 2.24) is 4.90 Å². The van der Waals surface area contributed by atoms with Crippen LogP contribution in [0.4, 0.5) is 0 Å². The highest BCUT2D eigenvalue weighted by molar-refractivity contribution is 6.31. The van der Waals surface area contributed by atoms with Crippen LogP contribution in [0.15, 0.2) is 30.3 Å². The average molecular weight is 405 g/mol. The van der Waals surface area contributed by atoms with E-state index in [0.29, 0.717) is 46.7 Å². The molecule has 0 saturated carbocycles. The standard InChI is InChI=1S/C24H23NO5/c1-24-8-5-9-25(24)23(27)21-14-7-6-13(28-2)10-15(14)16-11-18(29-3)19(30-4)12-17(16)20(21)22(24)26/h6-7,10-12H,5,8-9H2,1-4H3. The zero-order valence-corrected chi connectivity index (χ0v) is 17.5. The molecule has 5 rings (SSSR count). The van der Waals surface area contributed by atoms with Crippen molar-refractivity contribution in [1.29, 1.82) is 0 Å². The Balaban J connectivity index is 1.99. The molecule has 1 unspecified atom stereocenters. The number of methoxy groups -OCH3 is 3. The normalized spacial score (nSPS) is 20.5. The lowest BCUT2D eigenvalue weighted by Gasteiger charge is -2.39. The molecule has 1 saturated heterocycles. The first-order valence-electron chi connectivity index (χ1n) is 10.0. The lowest BCUT2D eigenvalue weighted by molar-refractivity contribution is 0.0507. The first-order chi connectivity index (χ1) is 14.4. The maximum absolute atomic E-state index is 13.8. The van der Waals surface area contributed by atoms with Gasteiger partial charge in [-0.25, -0.2) is 0 Å². The van der Waals surface area contributed by atoms with Crippen LogP contribution in [0.5, 0.6) is 17.2 Å². The van der Waals surface area contributed by atoms with Gasteiger partial charge in [-0.1, -0.05) is 0 Å². The topological polar surface area (TPSA) is 65.1 Å². The molecular weight excluding hydrogens is 382 g/mol. The van der Waals surface area contributed by atoms with Gasteiger partial charge in [0, 0.05) is 12.1 Å². The number of hydrogen-bond acceptors (Lipinski definition) is 5. The number of carbonyl (C=O) groups excluding carboxylic acids is 2. The van der Waals surface area contributed by atoms with Gasteiger partial charge in [-0.3, -0.25) is 9.59 Å². The van der Waals surface area contributed by atoms with Crippen molar-refractivity contribution in [2.45, 2.75) is 25.3 Å². The minimum atomic E-state index is -0.801. The summed E-state index contributed by atoms with van der Waals surface area (Å²) in [5.74, 6) is 1.67. The summed E-state index contributed by atoms with van der Waals surface area (Å²) in [5.41, 5.74) is 0.149. The van der Waals surface area contributed by atoms with Crippen molar-refractivity contribution in [2.75, 3.05) is 27.9 Å². The Kier molecular flexibility index (Phi) is 3.97.